The van der Waals surface area contributed by atoms with Gasteiger partial charge in [-0.3, -0.25) is 4.79 Å². The maximum absolute atomic E-state index is 12.1. The van der Waals surface area contributed by atoms with Crippen LogP contribution in [0.4, 0.5) is 0 Å². The Morgan fingerprint density at radius 3 is 2.81 bits per heavy atom. The Morgan fingerprint density at radius 2 is 2.25 bits per heavy atom. The number of carbonyl (C=O) groups is 1. The molecule has 1 heterocycles. The molecule has 1 unspecified atom stereocenters. The number of hydrogen-bond donors (Lipinski definition) is 0. The first-order chi connectivity index (χ1) is 7.59. The summed E-state index contributed by atoms with van der Waals surface area (Å²) in [7, 11) is 1.86. The molecule has 2 rings (SSSR count). The van der Waals surface area contributed by atoms with Gasteiger partial charge in [-0.05, 0) is 53.7 Å². The minimum atomic E-state index is 0.000648. The van der Waals surface area contributed by atoms with Crippen LogP contribution >= 0.6 is 15.9 Å². The van der Waals surface area contributed by atoms with E-state index in [-0.39, 0.29) is 5.91 Å². The minimum absolute atomic E-state index is 0.000648. The van der Waals surface area contributed by atoms with Crippen molar-refractivity contribution in [2.24, 2.45) is 5.92 Å². The summed E-state index contributed by atoms with van der Waals surface area (Å²) < 4.78 is 0.700. The van der Waals surface area contributed by atoms with Crippen LogP contribution in [0.5, 0.6) is 0 Å². The SMILES string of the molecule is CC(C1CC1)N(C)C(=O)c1cccc(Br)n1. The monoisotopic (exact) mass is 282 g/mol. The average molecular weight is 283 g/mol. The number of amides is 1. The number of aromatic nitrogens is 1. The van der Waals surface area contributed by atoms with Crippen LogP contribution in [0.3, 0.4) is 0 Å². The Bertz CT molecular complexity index is 404. The standard InChI is InChI=1S/C12H15BrN2O/c1-8(9-6-7-9)15(2)12(16)10-4-3-5-11(13)14-10/h3-5,8-9H,6-7H2,1-2H3. The van der Waals surface area contributed by atoms with Crippen LogP contribution in [-0.2, 0) is 0 Å². The Labute approximate surface area is 104 Å². The highest BCUT2D eigenvalue weighted by Gasteiger charge is 2.32. The van der Waals surface area contributed by atoms with E-state index in [9.17, 15) is 4.79 Å². The maximum Gasteiger partial charge on any atom is 0.272 e. The molecule has 1 atom stereocenters. The highest BCUT2D eigenvalue weighted by atomic mass is 79.9. The molecule has 1 aliphatic rings. The van der Waals surface area contributed by atoms with Gasteiger partial charge in [-0.2, -0.15) is 0 Å². The molecule has 0 aromatic carbocycles. The van der Waals surface area contributed by atoms with E-state index < -0.39 is 0 Å². The summed E-state index contributed by atoms with van der Waals surface area (Å²) in [6.07, 6.45) is 2.48. The van der Waals surface area contributed by atoms with Gasteiger partial charge in [-0.1, -0.05) is 6.07 Å². The molecule has 1 aliphatic carbocycles. The number of hydrogen-bond acceptors (Lipinski definition) is 2. The topological polar surface area (TPSA) is 33.2 Å². The first-order valence-corrected chi connectivity index (χ1v) is 6.28. The van der Waals surface area contributed by atoms with Crippen LogP contribution in [0.1, 0.15) is 30.3 Å². The second-order valence-corrected chi connectivity index (χ2v) is 5.15. The number of rotatable bonds is 3. The molecule has 1 fully saturated rings. The van der Waals surface area contributed by atoms with Crippen LogP contribution in [0.15, 0.2) is 22.8 Å². The van der Waals surface area contributed by atoms with Gasteiger partial charge in [0, 0.05) is 13.1 Å². The van der Waals surface area contributed by atoms with Crippen molar-refractivity contribution in [3.8, 4) is 0 Å². The molecule has 0 N–H and O–H groups in total. The lowest BCUT2D eigenvalue weighted by atomic mass is 10.2. The second-order valence-electron chi connectivity index (χ2n) is 4.34. The summed E-state index contributed by atoms with van der Waals surface area (Å²) in [4.78, 5) is 18.1. The molecule has 1 amide bonds. The zero-order valence-corrected chi connectivity index (χ0v) is 11.1. The molecule has 0 spiro atoms. The molecule has 16 heavy (non-hydrogen) atoms. The Balaban J connectivity index is 2.11. The highest BCUT2D eigenvalue weighted by Crippen LogP contribution is 2.34. The van der Waals surface area contributed by atoms with E-state index >= 15 is 0 Å². The van der Waals surface area contributed by atoms with Crippen LogP contribution < -0.4 is 0 Å². The van der Waals surface area contributed by atoms with Gasteiger partial charge < -0.3 is 4.90 Å². The average Bonchev–Trinajstić information content (AvgIpc) is 3.10. The number of halogens is 1. The van der Waals surface area contributed by atoms with E-state index in [1.807, 2.05) is 19.2 Å². The summed E-state index contributed by atoms with van der Waals surface area (Å²) in [6, 6.07) is 5.72. The first kappa shape index (κ1) is 11.6. The fourth-order valence-electron chi connectivity index (χ4n) is 1.79. The Morgan fingerprint density at radius 1 is 1.56 bits per heavy atom. The van der Waals surface area contributed by atoms with E-state index in [1.54, 1.807) is 11.0 Å². The van der Waals surface area contributed by atoms with E-state index in [0.29, 0.717) is 22.3 Å². The van der Waals surface area contributed by atoms with Crippen LogP contribution in [0, 0.1) is 5.92 Å². The summed E-state index contributed by atoms with van der Waals surface area (Å²) in [5.74, 6) is 0.682. The normalized spacial score (nSPS) is 16.9. The largest absolute Gasteiger partial charge is 0.337 e. The maximum atomic E-state index is 12.1. The molecular weight excluding hydrogens is 268 g/mol. The third-order valence-electron chi connectivity index (χ3n) is 3.17. The summed E-state index contributed by atoms with van der Waals surface area (Å²) in [6.45, 7) is 2.10. The van der Waals surface area contributed by atoms with Crippen LogP contribution in [-0.4, -0.2) is 28.9 Å². The lowest BCUT2D eigenvalue weighted by Gasteiger charge is -2.24. The van der Waals surface area contributed by atoms with Crippen molar-refractivity contribution in [1.29, 1.82) is 0 Å². The first-order valence-electron chi connectivity index (χ1n) is 5.49. The fourth-order valence-corrected chi connectivity index (χ4v) is 2.13. The highest BCUT2D eigenvalue weighted by molar-refractivity contribution is 9.10. The number of nitrogens with zero attached hydrogens (tertiary/aromatic N) is 2. The molecule has 1 aromatic heterocycles. The quantitative estimate of drug-likeness (QED) is 0.799. The van der Waals surface area contributed by atoms with Crippen LogP contribution in [0.25, 0.3) is 0 Å². The predicted octanol–water partition coefficient (Wildman–Crippen LogP) is 2.71. The lowest BCUT2D eigenvalue weighted by Crippen LogP contribution is -2.36. The smallest absolute Gasteiger partial charge is 0.272 e. The summed E-state index contributed by atoms with van der Waals surface area (Å²) in [5.41, 5.74) is 0.504. The van der Waals surface area contributed by atoms with Gasteiger partial charge >= 0.3 is 0 Å². The van der Waals surface area contributed by atoms with Gasteiger partial charge in [0.15, 0.2) is 0 Å². The van der Waals surface area contributed by atoms with Gasteiger partial charge in [0.25, 0.3) is 5.91 Å². The Hall–Kier alpha value is -0.900. The summed E-state index contributed by atoms with van der Waals surface area (Å²) in [5, 5.41) is 0. The number of carbonyl (C=O) groups excluding carboxylic acids is 1. The van der Waals surface area contributed by atoms with E-state index in [4.69, 9.17) is 0 Å². The molecule has 0 radical (unpaired) electrons. The molecule has 1 saturated carbocycles. The van der Waals surface area contributed by atoms with Gasteiger partial charge in [0.1, 0.15) is 10.3 Å². The van der Waals surface area contributed by atoms with E-state index in [0.717, 1.165) is 0 Å². The number of pyridine rings is 1. The molecule has 1 aromatic rings. The zero-order valence-electron chi connectivity index (χ0n) is 9.48. The van der Waals surface area contributed by atoms with Crippen molar-refractivity contribution in [3.05, 3.63) is 28.5 Å². The molecule has 86 valence electrons. The molecule has 3 nitrogen and oxygen atoms in total. The molecule has 0 saturated heterocycles. The van der Waals surface area contributed by atoms with Gasteiger partial charge in [0.2, 0.25) is 0 Å². The Kier molecular flexibility index (Phi) is 3.28. The van der Waals surface area contributed by atoms with Crippen molar-refractivity contribution in [2.75, 3.05) is 7.05 Å². The zero-order chi connectivity index (χ0) is 11.7. The van der Waals surface area contributed by atoms with Crippen molar-refractivity contribution >= 4 is 21.8 Å². The third-order valence-corrected chi connectivity index (χ3v) is 3.61. The predicted molar refractivity (Wildman–Crippen MR) is 66.2 cm³/mol. The minimum Gasteiger partial charge on any atom is -0.337 e. The fraction of sp³-hybridized carbons (Fsp3) is 0.500. The molecule has 0 aliphatic heterocycles. The van der Waals surface area contributed by atoms with Crippen molar-refractivity contribution in [3.63, 3.8) is 0 Å². The molecular formula is C12H15BrN2O. The van der Waals surface area contributed by atoms with Gasteiger partial charge in [-0.15, -0.1) is 0 Å². The van der Waals surface area contributed by atoms with Gasteiger partial charge in [0.05, 0.1) is 0 Å². The van der Waals surface area contributed by atoms with Crippen molar-refractivity contribution < 1.29 is 4.79 Å². The van der Waals surface area contributed by atoms with E-state index in [1.165, 1.54) is 12.8 Å². The lowest BCUT2D eigenvalue weighted by molar-refractivity contribution is 0.0721. The second kappa shape index (κ2) is 4.53. The molecule has 4 heteroatoms. The van der Waals surface area contributed by atoms with Crippen molar-refractivity contribution in [1.82, 2.24) is 9.88 Å². The van der Waals surface area contributed by atoms with E-state index in [2.05, 4.69) is 27.8 Å². The molecule has 0 bridgehead atoms. The van der Waals surface area contributed by atoms with Crippen molar-refractivity contribution in [2.45, 2.75) is 25.8 Å². The van der Waals surface area contributed by atoms with Gasteiger partial charge in [-0.25, -0.2) is 4.98 Å². The van der Waals surface area contributed by atoms with Crippen LogP contribution in [0.2, 0.25) is 0 Å². The third kappa shape index (κ3) is 2.43. The summed E-state index contributed by atoms with van der Waals surface area (Å²) >= 11 is 3.28.